The standard InChI is InChI=1S/C13H19N3/c1-10(2)8-14-9-12-7-11-5-3-4-6-13(11)16-15-12/h3-6,10,14,16H,7-9H2,1-2H3. The molecule has 3 heteroatoms. The fourth-order valence-corrected chi connectivity index (χ4v) is 1.79. The van der Waals surface area contributed by atoms with E-state index in [-0.39, 0.29) is 0 Å². The number of fused-ring (bicyclic) bond motifs is 1. The molecule has 0 atom stereocenters. The average molecular weight is 217 g/mol. The van der Waals surface area contributed by atoms with Gasteiger partial charge in [-0.2, -0.15) is 5.10 Å². The number of hydrazone groups is 1. The summed E-state index contributed by atoms with van der Waals surface area (Å²) in [6.45, 7) is 6.34. The molecule has 0 amide bonds. The van der Waals surface area contributed by atoms with Gasteiger partial charge >= 0.3 is 0 Å². The third-order valence-corrected chi connectivity index (χ3v) is 2.63. The van der Waals surface area contributed by atoms with Gasteiger partial charge in [0.25, 0.3) is 0 Å². The lowest BCUT2D eigenvalue weighted by molar-refractivity contribution is 0.581. The first-order chi connectivity index (χ1) is 7.75. The summed E-state index contributed by atoms with van der Waals surface area (Å²) >= 11 is 0. The number of rotatable bonds is 4. The summed E-state index contributed by atoms with van der Waals surface area (Å²) in [5.74, 6) is 0.685. The molecule has 0 bridgehead atoms. The molecule has 0 saturated heterocycles. The van der Waals surface area contributed by atoms with E-state index in [1.54, 1.807) is 0 Å². The van der Waals surface area contributed by atoms with Gasteiger partial charge in [-0.15, -0.1) is 0 Å². The highest BCUT2D eigenvalue weighted by Gasteiger charge is 2.10. The topological polar surface area (TPSA) is 36.4 Å². The fourth-order valence-electron chi connectivity index (χ4n) is 1.79. The van der Waals surface area contributed by atoms with Crippen LogP contribution in [0.2, 0.25) is 0 Å². The summed E-state index contributed by atoms with van der Waals surface area (Å²) in [4.78, 5) is 0. The summed E-state index contributed by atoms with van der Waals surface area (Å²) in [7, 11) is 0. The van der Waals surface area contributed by atoms with Crippen LogP contribution in [0.4, 0.5) is 5.69 Å². The van der Waals surface area contributed by atoms with Crippen LogP contribution < -0.4 is 10.7 Å². The van der Waals surface area contributed by atoms with E-state index in [0.717, 1.165) is 25.2 Å². The van der Waals surface area contributed by atoms with Crippen LogP contribution in [0.3, 0.4) is 0 Å². The first kappa shape index (κ1) is 11.1. The maximum absolute atomic E-state index is 4.37. The van der Waals surface area contributed by atoms with Crippen molar-refractivity contribution in [1.29, 1.82) is 0 Å². The van der Waals surface area contributed by atoms with E-state index in [9.17, 15) is 0 Å². The first-order valence-corrected chi connectivity index (χ1v) is 5.86. The molecule has 1 aromatic rings. The molecule has 0 aliphatic carbocycles. The predicted molar refractivity (Wildman–Crippen MR) is 68.9 cm³/mol. The average Bonchev–Trinajstić information content (AvgIpc) is 2.28. The molecule has 2 rings (SSSR count). The molecule has 2 N–H and O–H groups in total. The van der Waals surface area contributed by atoms with Crippen molar-refractivity contribution in [1.82, 2.24) is 5.32 Å². The number of nitrogens with zero attached hydrogens (tertiary/aromatic N) is 1. The van der Waals surface area contributed by atoms with E-state index in [4.69, 9.17) is 0 Å². The SMILES string of the molecule is CC(C)CNCC1=NNc2ccccc2C1. The number of benzene rings is 1. The Morgan fingerprint density at radius 3 is 3.00 bits per heavy atom. The number of hydrogen-bond donors (Lipinski definition) is 2. The number of hydrogen-bond acceptors (Lipinski definition) is 3. The Morgan fingerprint density at radius 1 is 1.38 bits per heavy atom. The Bertz CT molecular complexity index is 383. The molecule has 0 spiro atoms. The lowest BCUT2D eigenvalue weighted by Gasteiger charge is -2.17. The van der Waals surface area contributed by atoms with E-state index in [2.05, 4.69) is 47.9 Å². The Morgan fingerprint density at radius 2 is 2.19 bits per heavy atom. The summed E-state index contributed by atoms with van der Waals surface area (Å²) in [6, 6.07) is 8.32. The molecule has 0 saturated carbocycles. The normalized spacial score (nSPS) is 14.3. The van der Waals surface area contributed by atoms with Crippen molar-refractivity contribution >= 4 is 11.4 Å². The maximum Gasteiger partial charge on any atom is 0.0597 e. The van der Waals surface area contributed by atoms with Gasteiger partial charge in [0.2, 0.25) is 0 Å². The summed E-state index contributed by atoms with van der Waals surface area (Å²) < 4.78 is 0. The van der Waals surface area contributed by atoms with Crippen LogP contribution in [-0.4, -0.2) is 18.8 Å². The smallest absolute Gasteiger partial charge is 0.0597 e. The molecule has 1 heterocycles. The van der Waals surface area contributed by atoms with E-state index < -0.39 is 0 Å². The van der Waals surface area contributed by atoms with Crippen molar-refractivity contribution in [3.8, 4) is 0 Å². The van der Waals surface area contributed by atoms with Crippen LogP contribution >= 0.6 is 0 Å². The van der Waals surface area contributed by atoms with Crippen LogP contribution in [0.25, 0.3) is 0 Å². The van der Waals surface area contributed by atoms with E-state index in [1.807, 2.05) is 6.07 Å². The maximum atomic E-state index is 4.37. The van der Waals surface area contributed by atoms with Crippen LogP contribution in [0, 0.1) is 5.92 Å². The molecule has 0 radical (unpaired) electrons. The van der Waals surface area contributed by atoms with Crippen molar-refractivity contribution in [3.05, 3.63) is 29.8 Å². The minimum absolute atomic E-state index is 0.685. The highest BCUT2D eigenvalue weighted by atomic mass is 15.3. The van der Waals surface area contributed by atoms with Gasteiger partial charge in [0.05, 0.1) is 11.4 Å². The van der Waals surface area contributed by atoms with Gasteiger partial charge in [-0.25, -0.2) is 0 Å². The monoisotopic (exact) mass is 217 g/mol. The molecule has 1 aromatic carbocycles. The molecule has 1 aliphatic rings. The largest absolute Gasteiger partial charge is 0.311 e. The molecule has 86 valence electrons. The van der Waals surface area contributed by atoms with Gasteiger partial charge in [0, 0.05) is 13.0 Å². The van der Waals surface area contributed by atoms with Gasteiger partial charge in [-0.05, 0) is 24.1 Å². The highest BCUT2D eigenvalue weighted by Crippen LogP contribution is 2.19. The zero-order valence-corrected chi connectivity index (χ0v) is 9.96. The second-order valence-corrected chi connectivity index (χ2v) is 4.65. The second kappa shape index (κ2) is 5.12. The molecule has 16 heavy (non-hydrogen) atoms. The number of nitrogens with one attached hydrogen (secondary N) is 2. The first-order valence-electron chi connectivity index (χ1n) is 5.86. The lowest BCUT2D eigenvalue weighted by Crippen LogP contribution is -2.29. The van der Waals surface area contributed by atoms with E-state index in [1.165, 1.54) is 11.3 Å². The van der Waals surface area contributed by atoms with Gasteiger partial charge in [0.1, 0.15) is 0 Å². The predicted octanol–water partition coefficient (Wildman–Crippen LogP) is 2.26. The van der Waals surface area contributed by atoms with Crippen LogP contribution in [0.5, 0.6) is 0 Å². The quantitative estimate of drug-likeness (QED) is 0.811. The summed E-state index contributed by atoms with van der Waals surface area (Å²) in [6.07, 6.45) is 0.953. The minimum Gasteiger partial charge on any atom is -0.311 e. The van der Waals surface area contributed by atoms with Crippen molar-refractivity contribution in [2.24, 2.45) is 11.0 Å². The number of para-hydroxylation sites is 1. The highest BCUT2D eigenvalue weighted by molar-refractivity contribution is 5.91. The van der Waals surface area contributed by atoms with E-state index in [0.29, 0.717) is 5.92 Å². The molecular weight excluding hydrogens is 198 g/mol. The van der Waals surface area contributed by atoms with E-state index >= 15 is 0 Å². The van der Waals surface area contributed by atoms with Crippen LogP contribution in [0.1, 0.15) is 19.4 Å². The Kier molecular flexibility index (Phi) is 3.57. The van der Waals surface area contributed by atoms with Crippen molar-refractivity contribution in [3.63, 3.8) is 0 Å². The molecule has 1 aliphatic heterocycles. The Balaban J connectivity index is 1.89. The van der Waals surface area contributed by atoms with Gasteiger partial charge in [-0.3, -0.25) is 5.43 Å². The van der Waals surface area contributed by atoms with Crippen molar-refractivity contribution < 1.29 is 0 Å². The van der Waals surface area contributed by atoms with Crippen LogP contribution in [-0.2, 0) is 6.42 Å². The van der Waals surface area contributed by atoms with Gasteiger partial charge < -0.3 is 5.32 Å². The summed E-state index contributed by atoms with van der Waals surface area (Å²) in [5.41, 5.74) is 6.75. The molecule has 0 unspecified atom stereocenters. The third kappa shape index (κ3) is 2.83. The minimum atomic E-state index is 0.685. The van der Waals surface area contributed by atoms with Crippen molar-refractivity contribution in [2.45, 2.75) is 20.3 Å². The molecule has 0 fully saturated rings. The van der Waals surface area contributed by atoms with Crippen LogP contribution in [0.15, 0.2) is 29.4 Å². The van der Waals surface area contributed by atoms with Gasteiger partial charge in [0.15, 0.2) is 0 Å². The number of anilines is 1. The zero-order chi connectivity index (χ0) is 11.4. The third-order valence-electron chi connectivity index (χ3n) is 2.63. The second-order valence-electron chi connectivity index (χ2n) is 4.65. The molecule has 0 aromatic heterocycles. The zero-order valence-electron chi connectivity index (χ0n) is 9.96. The Hall–Kier alpha value is -1.35. The Labute approximate surface area is 96.9 Å². The van der Waals surface area contributed by atoms with Crippen molar-refractivity contribution in [2.75, 3.05) is 18.5 Å². The lowest BCUT2D eigenvalue weighted by atomic mass is 10.0. The van der Waals surface area contributed by atoms with Gasteiger partial charge in [-0.1, -0.05) is 32.0 Å². The molecular formula is C13H19N3. The fraction of sp³-hybridized carbons (Fsp3) is 0.462. The molecule has 3 nitrogen and oxygen atoms in total. The summed E-state index contributed by atoms with van der Waals surface area (Å²) in [5, 5.41) is 7.79.